The van der Waals surface area contributed by atoms with Crippen molar-refractivity contribution in [2.75, 3.05) is 12.4 Å². The maximum atomic E-state index is 11.0. The van der Waals surface area contributed by atoms with E-state index in [0.29, 0.717) is 11.9 Å². The molecular formula is C16H17BrNO3S-. The molecule has 0 spiro atoms. The summed E-state index contributed by atoms with van der Waals surface area (Å²) in [7, 11) is 1.54. The lowest BCUT2D eigenvalue weighted by atomic mass is 10.2. The number of Topliss-reactive ketones (excluding diaryl/α,β-unsaturated/α-hetero) is 1. The highest BCUT2D eigenvalue weighted by Gasteiger charge is 1.99. The van der Waals surface area contributed by atoms with Crippen LogP contribution in [0.5, 0.6) is 0 Å². The lowest BCUT2D eigenvalue weighted by Gasteiger charge is -2.18. The topological polar surface area (TPSA) is 60.4 Å². The highest BCUT2D eigenvalue weighted by Crippen LogP contribution is 2.03. The van der Waals surface area contributed by atoms with Gasteiger partial charge in [-0.3, -0.25) is 9.00 Å². The number of carbonyl (C=O) groups is 1. The van der Waals surface area contributed by atoms with Crippen LogP contribution >= 0.6 is 15.9 Å². The number of hydrogen-bond donors (Lipinski definition) is 0. The lowest BCUT2D eigenvalue weighted by molar-refractivity contribution is 0.102. The molecule has 0 N–H and O–H groups in total. The summed E-state index contributed by atoms with van der Waals surface area (Å²) in [5.41, 5.74) is 1.75. The second kappa shape index (κ2) is 10.4. The Kier molecular flexibility index (Phi) is 8.84. The van der Waals surface area contributed by atoms with Crippen LogP contribution in [-0.2, 0) is 17.8 Å². The van der Waals surface area contributed by atoms with E-state index < -0.39 is 11.3 Å². The summed E-state index contributed by atoms with van der Waals surface area (Å²) in [5.74, 6) is 0.126. The Hall–Kier alpha value is -1.34. The SMILES string of the molecule is CN(Cc1ccccc1)S(=O)[O-].O=C(CBr)c1ccccc1. The molecule has 0 radical (unpaired) electrons. The molecule has 0 bridgehead atoms. The molecular weight excluding hydrogens is 366 g/mol. The van der Waals surface area contributed by atoms with Crippen molar-refractivity contribution in [1.82, 2.24) is 4.31 Å². The van der Waals surface area contributed by atoms with Gasteiger partial charge in [0.05, 0.1) is 5.33 Å². The highest BCUT2D eigenvalue weighted by molar-refractivity contribution is 9.09. The van der Waals surface area contributed by atoms with Crippen molar-refractivity contribution in [2.24, 2.45) is 0 Å². The Balaban J connectivity index is 0.000000224. The van der Waals surface area contributed by atoms with Gasteiger partial charge in [-0.25, -0.2) is 4.31 Å². The fourth-order valence-corrected chi connectivity index (χ4v) is 2.17. The van der Waals surface area contributed by atoms with Crippen LogP contribution < -0.4 is 0 Å². The normalized spacial score (nSPS) is 11.5. The van der Waals surface area contributed by atoms with E-state index in [1.165, 1.54) is 11.4 Å². The van der Waals surface area contributed by atoms with E-state index in [-0.39, 0.29) is 5.78 Å². The summed E-state index contributed by atoms with van der Waals surface area (Å²) in [5, 5.41) is 0.400. The largest absolute Gasteiger partial charge is 0.760 e. The maximum Gasteiger partial charge on any atom is 0.173 e. The van der Waals surface area contributed by atoms with Gasteiger partial charge in [0.1, 0.15) is 0 Å². The minimum Gasteiger partial charge on any atom is -0.760 e. The van der Waals surface area contributed by atoms with Gasteiger partial charge in [0.25, 0.3) is 0 Å². The van der Waals surface area contributed by atoms with E-state index in [2.05, 4.69) is 15.9 Å². The summed E-state index contributed by atoms with van der Waals surface area (Å²) >= 11 is 0.974. The van der Waals surface area contributed by atoms with Crippen molar-refractivity contribution in [1.29, 1.82) is 0 Å². The molecule has 0 aliphatic carbocycles. The maximum absolute atomic E-state index is 11.0. The Labute approximate surface area is 141 Å². The number of alkyl halides is 1. The molecule has 118 valence electrons. The van der Waals surface area contributed by atoms with E-state index >= 15 is 0 Å². The number of carbonyl (C=O) groups excluding carboxylic acids is 1. The zero-order chi connectivity index (χ0) is 16.4. The van der Waals surface area contributed by atoms with Crippen molar-refractivity contribution in [3.63, 3.8) is 0 Å². The van der Waals surface area contributed by atoms with Crippen LogP contribution in [0, 0.1) is 0 Å². The monoisotopic (exact) mass is 382 g/mol. The standard InChI is InChI=1S/C8H7BrO.C8H11NO2S/c9-6-8(10)7-4-2-1-3-5-7;1-9(12(10)11)7-8-5-3-2-4-6-8/h1-5H,6H2;2-6H,7H2,1H3,(H,10,11)/p-1. The minimum atomic E-state index is -2.13. The molecule has 2 aromatic rings. The van der Waals surface area contributed by atoms with Crippen LogP contribution in [0.4, 0.5) is 0 Å². The third-order valence-electron chi connectivity index (χ3n) is 2.72. The molecule has 2 aromatic carbocycles. The van der Waals surface area contributed by atoms with E-state index in [0.717, 1.165) is 11.1 Å². The minimum absolute atomic E-state index is 0.126. The second-order valence-electron chi connectivity index (χ2n) is 4.41. The Morgan fingerprint density at radius 2 is 1.59 bits per heavy atom. The van der Waals surface area contributed by atoms with Gasteiger partial charge in [-0.1, -0.05) is 76.6 Å². The van der Waals surface area contributed by atoms with Gasteiger partial charge in [-0.2, -0.15) is 0 Å². The smallest absolute Gasteiger partial charge is 0.173 e. The molecule has 4 nitrogen and oxygen atoms in total. The summed E-state index contributed by atoms with van der Waals surface area (Å²) in [6.07, 6.45) is 0. The van der Waals surface area contributed by atoms with Crippen molar-refractivity contribution in [3.05, 3.63) is 71.8 Å². The molecule has 1 unspecified atom stereocenters. The molecule has 0 saturated heterocycles. The molecule has 0 aliphatic rings. The zero-order valence-corrected chi connectivity index (χ0v) is 14.5. The molecule has 0 fully saturated rings. The molecule has 0 aliphatic heterocycles. The second-order valence-corrected chi connectivity index (χ2v) is 6.03. The predicted molar refractivity (Wildman–Crippen MR) is 91.4 cm³/mol. The average molecular weight is 383 g/mol. The molecule has 0 amide bonds. The van der Waals surface area contributed by atoms with Gasteiger partial charge in [0.15, 0.2) is 5.78 Å². The van der Waals surface area contributed by atoms with E-state index in [9.17, 15) is 13.6 Å². The van der Waals surface area contributed by atoms with Crippen LogP contribution in [0.3, 0.4) is 0 Å². The zero-order valence-electron chi connectivity index (χ0n) is 12.1. The van der Waals surface area contributed by atoms with Crippen molar-refractivity contribution in [2.45, 2.75) is 6.54 Å². The molecule has 2 rings (SSSR count). The summed E-state index contributed by atoms with van der Waals surface area (Å²) in [6, 6.07) is 18.7. The van der Waals surface area contributed by atoms with E-state index in [1.54, 1.807) is 0 Å². The first kappa shape index (κ1) is 18.7. The van der Waals surface area contributed by atoms with Gasteiger partial charge in [-0.15, -0.1) is 0 Å². The number of nitrogens with zero attached hydrogens (tertiary/aromatic N) is 1. The first-order valence-electron chi connectivity index (χ1n) is 6.53. The highest BCUT2D eigenvalue weighted by atomic mass is 79.9. The van der Waals surface area contributed by atoms with Gasteiger partial charge in [-0.05, 0) is 12.6 Å². The number of hydrogen-bond acceptors (Lipinski definition) is 3. The number of benzene rings is 2. The van der Waals surface area contributed by atoms with Crippen LogP contribution in [0.25, 0.3) is 0 Å². The fraction of sp³-hybridized carbons (Fsp3) is 0.188. The quantitative estimate of drug-likeness (QED) is 0.453. The molecule has 22 heavy (non-hydrogen) atoms. The number of halogens is 1. The van der Waals surface area contributed by atoms with Gasteiger partial charge in [0.2, 0.25) is 0 Å². The van der Waals surface area contributed by atoms with Crippen molar-refractivity contribution < 1.29 is 13.6 Å². The fourth-order valence-electron chi connectivity index (χ4n) is 1.59. The third-order valence-corrected chi connectivity index (χ3v) is 3.87. The van der Waals surface area contributed by atoms with E-state index in [1.807, 2.05) is 60.7 Å². The number of ketones is 1. The number of rotatable bonds is 5. The lowest BCUT2D eigenvalue weighted by Crippen LogP contribution is -2.19. The summed E-state index contributed by atoms with van der Waals surface area (Å²) in [4.78, 5) is 11.0. The average Bonchev–Trinajstić information content (AvgIpc) is 2.56. The summed E-state index contributed by atoms with van der Waals surface area (Å²) < 4.78 is 22.1. The summed E-state index contributed by atoms with van der Waals surface area (Å²) in [6.45, 7) is 0.428. The Morgan fingerprint density at radius 3 is 2.05 bits per heavy atom. The van der Waals surface area contributed by atoms with Gasteiger partial charge >= 0.3 is 0 Å². The van der Waals surface area contributed by atoms with Gasteiger partial charge in [0, 0.05) is 23.4 Å². The predicted octanol–water partition coefficient (Wildman–Crippen LogP) is 3.18. The van der Waals surface area contributed by atoms with Crippen LogP contribution in [0.2, 0.25) is 0 Å². The Morgan fingerprint density at radius 1 is 1.09 bits per heavy atom. The first-order valence-corrected chi connectivity index (χ1v) is 8.68. The molecule has 1 atom stereocenters. The molecule has 0 aromatic heterocycles. The van der Waals surface area contributed by atoms with Crippen LogP contribution in [0.15, 0.2) is 60.7 Å². The first-order chi connectivity index (χ1) is 10.5. The van der Waals surface area contributed by atoms with E-state index in [4.69, 9.17) is 0 Å². The van der Waals surface area contributed by atoms with Crippen LogP contribution in [0.1, 0.15) is 15.9 Å². The molecule has 0 heterocycles. The molecule has 6 heteroatoms. The Bertz CT molecular complexity index is 593. The third kappa shape index (κ3) is 7.09. The molecule has 0 saturated carbocycles. The van der Waals surface area contributed by atoms with Gasteiger partial charge < -0.3 is 4.55 Å². The van der Waals surface area contributed by atoms with Crippen molar-refractivity contribution >= 4 is 33.0 Å². The van der Waals surface area contributed by atoms with Crippen molar-refractivity contribution in [3.8, 4) is 0 Å². The van der Waals surface area contributed by atoms with Crippen LogP contribution in [-0.4, -0.2) is 31.2 Å².